The van der Waals surface area contributed by atoms with Crippen molar-refractivity contribution in [3.63, 3.8) is 0 Å². The van der Waals surface area contributed by atoms with Crippen molar-refractivity contribution in [1.82, 2.24) is 0 Å². The van der Waals surface area contributed by atoms with E-state index in [-0.39, 0.29) is 0 Å². The van der Waals surface area contributed by atoms with Crippen LogP contribution in [0.4, 0.5) is 79.0 Å². The second-order valence-corrected chi connectivity index (χ2v) is 41.8. The molecule has 0 heterocycles. The van der Waals surface area contributed by atoms with Crippen LogP contribution in [0.3, 0.4) is 0 Å². The molecule has 0 saturated carbocycles. The molecule has 0 aliphatic heterocycles. The normalized spacial score (nSPS) is 16.4. The minimum atomic E-state index is -7.25. The predicted octanol–water partition coefficient (Wildman–Crippen LogP) is 8.93. The van der Waals surface area contributed by atoms with Crippen LogP contribution in [0.15, 0.2) is 0 Å². The van der Waals surface area contributed by atoms with Gasteiger partial charge in [0.15, 0.2) is 0 Å². The zero-order valence-electron chi connectivity index (χ0n) is 14.9. The second-order valence-electron chi connectivity index (χ2n) is 6.56. The van der Waals surface area contributed by atoms with Crippen molar-refractivity contribution in [2.45, 2.75) is 69.6 Å². The first-order chi connectivity index (χ1) is 13.9. The van der Waals surface area contributed by atoms with Gasteiger partial charge < -0.3 is 0 Å². The summed E-state index contributed by atoms with van der Waals surface area (Å²) in [6, 6.07) is 0. The van der Waals surface area contributed by atoms with E-state index in [9.17, 15) is 79.0 Å². The summed E-state index contributed by atoms with van der Waals surface area (Å²) >= 11 is -0.486. The fourth-order valence-corrected chi connectivity index (χ4v) is 11.8. The molecule has 33 heavy (non-hydrogen) atoms. The molecule has 0 saturated heterocycles. The van der Waals surface area contributed by atoms with Gasteiger partial charge in [0.05, 0.1) is 0 Å². The van der Waals surface area contributed by atoms with Crippen LogP contribution < -0.4 is 0 Å². The van der Waals surface area contributed by atoms with Gasteiger partial charge >= 0.3 is 188 Å². The van der Waals surface area contributed by atoms with Gasteiger partial charge in [-0.3, -0.25) is 0 Å². The summed E-state index contributed by atoms with van der Waals surface area (Å²) < 4.78 is 227. The molecule has 0 rings (SSSR count). The fourth-order valence-electron chi connectivity index (χ4n) is 1.93. The van der Waals surface area contributed by atoms with Crippen molar-refractivity contribution < 1.29 is 79.0 Å². The number of hydrogen-bond acceptors (Lipinski definition) is 0. The van der Waals surface area contributed by atoms with E-state index in [4.69, 9.17) is 0 Å². The summed E-state index contributed by atoms with van der Waals surface area (Å²) in [5.74, 6) is -40.9. The molecule has 0 aromatic rings. The molecular weight excluding hydrogens is 765 g/mol. The predicted molar refractivity (Wildman–Crippen MR) is 84.2 cm³/mol. The Labute approximate surface area is 187 Å². The maximum atomic E-state index is 13.5. The van der Waals surface area contributed by atoms with Crippen LogP contribution in [0.1, 0.15) is 12.8 Å². The third-order valence-corrected chi connectivity index (χ3v) is 20.3. The van der Waals surface area contributed by atoms with E-state index in [0.717, 1.165) is 0 Å². The molecule has 0 aliphatic carbocycles. The number of hydrogen-bond donors (Lipinski definition) is 0. The molecule has 0 atom stereocenters. The molecule has 0 bridgehead atoms. The van der Waals surface area contributed by atoms with Gasteiger partial charge in [0, 0.05) is 0 Å². The Balaban J connectivity index is 5.55. The third kappa shape index (κ3) is 6.44. The van der Waals surface area contributed by atoms with E-state index in [1.807, 2.05) is 0 Å². The zero-order valence-corrected chi connectivity index (χ0v) is 20.9. The molecule has 0 spiro atoms. The maximum absolute atomic E-state index is 13.5. The second kappa shape index (κ2) is 9.42. The third-order valence-electron chi connectivity index (χ3n) is 4.03. The van der Waals surface area contributed by atoms with Crippen molar-refractivity contribution in [2.75, 3.05) is 0 Å². The SMILES string of the molecule is FC(F)(F)C(F)(F)C(F)(F)C(F)(F)C[CH2][Sn]([Br])([Br])[CH2]CC(F)(F)C(F)(F)C(F)(F)C(F)(F)F. The van der Waals surface area contributed by atoms with E-state index < -0.39 is 83.5 Å². The Morgan fingerprint density at radius 3 is 0.788 bits per heavy atom. The van der Waals surface area contributed by atoms with Crippen molar-refractivity contribution >= 4 is 39.3 Å². The van der Waals surface area contributed by atoms with Gasteiger partial charge in [0.1, 0.15) is 0 Å². The molecule has 0 fully saturated rings. The molecule has 21 heteroatoms. The molecule has 0 radical (unpaired) electrons. The Bertz CT molecular complexity index is 623. The average Bonchev–Trinajstić information content (AvgIpc) is 2.56. The number of halogens is 20. The number of alkyl halides is 18. The Kier molecular flexibility index (Phi) is 9.56. The fraction of sp³-hybridized carbons (Fsp3) is 1.00. The molecule has 0 unspecified atom stereocenters. The van der Waals surface area contributed by atoms with Gasteiger partial charge in [-0.1, -0.05) is 0 Å². The molecule has 0 aromatic carbocycles. The van der Waals surface area contributed by atoms with Gasteiger partial charge in [-0.25, -0.2) is 0 Å². The van der Waals surface area contributed by atoms with Crippen molar-refractivity contribution in [3.05, 3.63) is 0 Å². The summed E-state index contributed by atoms with van der Waals surface area (Å²) in [5.41, 5.74) is 0. The zero-order chi connectivity index (χ0) is 27.3. The standard InChI is InChI=1S/2C6H4F9.2BrH.Sn/c2*1-2-3(7,8)4(9,10)5(11,12)6(13,14)15;;;/h2*1-2H2;2*1H;/q;;;;+2/p-2. The van der Waals surface area contributed by atoms with E-state index in [1.165, 1.54) is 0 Å². The minimum absolute atomic E-state index is 1.58. The van der Waals surface area contributed by atoms with Crippen LogP contribution in [0.5, 0.6) is 0 Å². The first-order valence-electron chi connectivity index (χ1n) is 7.69. The van der Waals surface area contributed by atoms with Crippen molar-refractivity contribution in [2.24, 2.45) is 0 Å². The topological polar surface area (TPSA) is 0 Å². The van der Waals surface area contributed by atoms with Gasteiger partial charge in [0.25, 0.3) is 0 Å². The van der Waals surface area contributed by atoms with E-state index >= 15 is 0 Å². The summed E-state index contributed by atoms with van der Waals surface area (Å²) in [7, 11) is 0. The number of rotatable bonds is 10. The average molecular weight is 773 g/mol. The van der Waals surface area contributed by atoms with E-state index in [2.05, 4.69) is 25.4 Å². The van der Waals surface area contributed by atoms with E-state index in [0.29, 0.717) is 0 Å². The van der Waals surface area contributed by atoms with Crippen LogP contribution in [-0.2, 0) is 0 Å². The van der Waals surface area contributed by atoms with Gasteiger partial charge in [-0.2, -0.15) is 0 Å². The summed E-state index contributed by atoms with van der Waals surface area (Å²) in [4.78, 5) is 0. The van der Waals surface area contributed by atoms with Gasteiger partial charge in [-0.05, 0) is 0 Å². The Morgan fingerprint density at radius 1 is 0.394 bits per heavy atom. The summed E-state index contributed by atoms with van der Waals surface area (Å²) in [6.07, 6.45) is -19.4. The first-order valence-corrected chi connectivity index (χ1v) is 24.5. The van der Waals surface area contributed by atoms with Gasteiger partial charge in [0.2, 0.25) is 0 Å². The molecule has 0 aromatic heterocycles. The molecule has 0 amide bonds. The monoisotopic (exact) mass is 772 g/mol. The van der Waals surface area contributed by atoms with Crippen LogP contribution in [-0.4, -0.2) is 61.8 Å². The van der Waals surface area contributed by atoms with Gasteiger partial charge in [-0.15, -0.1) is 0 Å². The molecular formula is C12H8Br2F18Sn. The molecule has 0 nitrogen and oxygen atoms in total. The van der Waals surface area contributed by atoms with Crippen molar-refractivity contribution in [3.8, 4) is 0 Å². The summed E-state index contributed by atoms with van der Waals surface area (Å²) in [5, 5.41) is 0. The molecule has 0 aliphatic rings. The molecule has 0 N–H and O–H groups in total. The Morgan fingerprint density at radius 2 is 0.606 bits per heavy atom. The van der Waals surface area contributed by atoms with Crippen LogP contribution in [0, 0.1) is 0 Å². The first kappa shape index (κ1) is 33.5. The van der Waals surface area contributed by atoms with E-state index in [1.54, 1.807) is 0 Å². The quantitative estimate of drug-likeness (QED) is 0.154. The van der Waals surface area contributed by atoms with Crippen LogP contribution >= 0.6 is 25.4 Å². The summed E-state index contributed by atoms with van der Waals surface area (Å²) in [6.45, 7) is 0. The van der Waals surface area contributed by atoms with Crippen molar-refractivity contribution in [1.29, 1.82) is 0 Å². The van der Waals surface area contributed by atoms with Crippen LogP contribution in [0.2, 0.25) is 8.87 Å². The van der Waals surface area contributed by atoms with Crippen LogP contribution in [0.25, 0.3) is 0 Å². The Hall–Kier alpha value is 0.499. The molecule has 200 valence electrons.